The van der Waals surface area contributed by atoms with Crippen LogP contribution in [-0.4, -0.2) is 42.5 Å². The molecule has 4 heterocycles. The van der Waals surface area contributed by atoms with Crippen LogP contribution in [0.2, 0.25) is 0 Å². The molecular formula is C24H23N7O2. The fourth-order valence-electron chi connectivity index (χ4n) is 3.77. The van der Waals surface area contributed by atoms with Gasteiger partial charge in [-0.2, -0.15) is 0 Å². The van der Waals surface area contributed by atoms with Crippen LogP contribution in [-0.2, 0) is 11.4 Å². The predicted octanol–water partition coefficient (Wildman–Crippen LogP) is 3.95. The maximum Gasteiger partial charge on any atom is 0.192 e. The highest BCUT2D eigenvalue weighted by molar-refractivity contribution is 5.94. The number of benzene rings is 1. The molecule has 5 rings (SSSR count). The lowest BCUT2D eigenvalue weighted by molar-refractivity contribution is 0.126. The maximum atomic E-state index is 5.43. The van der Waals surface area contributed by atoms with Gasteiger partial charge >= 0.3 is 0 Å². The number of aromatic nitrogens is 6. The highest BCUT2D eigenvalue weighted by Crippen LogP contribution is 2.29. The van der Waals surface area contributed by atoms with Crippen molar-refractivity contribution in [2.75, 3.05) is 7.11 Å². The van der Waals surface area contributed by atoms with Crippen LogP contribution in [0, 0.1) is 20.8 Å². The Bertz CT molecular complexity index is 1480. The first-order chi connectivity index (χ1) is 16.0. The number of hydrogen-bond acceptors (Lipinski definition) is 7. The van der Waals surface area contributed by atoms with E-state index < -0.39 is 0 Å². The second kappa shape index (κ2) is 8.34. The third-order valence-electron chi connectivity index (χ3n) is 5.59. The normalized spacial score (nSPS) is 11.6. The largest absolute Gasteiger partial charge is 0.497 e. The maximum absolute atomic E-state index is 5.43. The number of methoxy groups -OCH3 is 1. The Labute approximate surface area is 190 Å². The van der Waals surface area contributed by atoms with Gasteiger partial charge in [-0.1, -0.05) is 5.16 Å². The van der Waals surface area contributed by atoms with Crippen molar-refractivity contribution in [2.45, 2.75) is 27.4 Å². The van der Waals surface area contributed by atoms with Crippen molar-refractivity contribution in [3.8, 4) is 11.6 Å². The molecule has 0 spiro atoms. The van der Waals surface area contributed by atoms with Gasteiger partial charge < -0.3 is 9.57 Å². The monoisotopic (exact) mass is 441 g/mol. The van der Waals surface area contributed by atoms with Gasteiger partial charge in [0.1, 0.15) is 17.9 Å². The molecule has 4 aromatic heterocycles. The second-order valence-corrected chi connectivity index (χ2v) is 7.76. The molecule has 0 fully saturated rings. The summed E-state index contributed by atoms with van der Waals surface area (Å²) in [6.07, 6.45) is 5.11. The Balaban J connectivity index is 1.43. The van der Waals surface area contributed by atoms with Gasteiger partial charge in [0.05, 0.1) is 18.7 Å². The standard InChI is InChI=1S/C24H23N7O2/c1-15-9-10-25-21(11-15)31-17(3)16(2)22-23(31)26-14-30-24(22)28-20(29-30)13-33-27-12-18-5-7-19(32-4)8-6-18/h5-12,14H,13H2,1-4H3/b27-12-. The summed E-state index contributed by atoms with van der Waals surface area (Å²) in [6, 6.07) is 11.6. The van der Waals surface area contributed by atoms with Gasteiger partial charge in [-0.05, 0) is 73.9 Å². The zero-order valence-electron chi connectivity index (χ0n) is 18.9. The molecule has 9 heteroatoms. The molecule has 5 aromatic rings. The number of pyridine rings is 1. The average Bonchev–Trinajstić information content (AvgIpc) is 3.35. The first kappa shape index (κ1) is 20.6. The summed E-state index contributed by atoms with van der Waals surface area (Å²) in [4.78, 5) is 19.3. The van der Waals surface area contributed by atoms with Crippen LogP contribution in [0.25, 0.3) is 22.5 Å². The van der Waals surface area contributed by atoms with Crippen molar-refractivity contribution in [3.05, 3.63) is 77.1 Å². The van der Waals surface area contributed by atoms with Crippen LogP contribution in [0.15, 0.2) is 54.1 Å². The number of rotatable bonds is 6. The minimum absolute atomic E-state index is 0.147. The zero-order valence-corrected chi connectivity index (χ0v) is 18.9. The second-order valence-electron chi connectivity index (χ2n) is 7.76. The molecule has 166 valence electrons. The van der Waals surface area contributed by atoms with E-state index in [0.29, 0.717) is 5.82 Å². The lowest BCUT2D eigenvalue weighted by atomic mass is 10.2. The Morgan fingerprint density at radius 2 is 1.85 bits per heavy atom. The zero-order chi connectivity index (χ0) is 22.9. The van der Waals surface area contributed by atoms with E-state index in [9.17, 15) is 0 Å². The van der Waals surface area contributed by atoms with Crippen LogP contribution in [0.4, 0.5) is 0 Å². The summed E-state index contributed by atoms with van der Waals surface area (Å²) >= 11 is 0. The Hall–Kier alpha value is -4.27. The first-order valence-corrected chi connectivity index (χ1v) is 10.5. The van der Waals surface area contributed by atoms with Crippen LogP contribution < -0.4 is 4.74 Å². The van der Waals surface area contributed by atoms with Crippen LogP contribution in [0.1, 0.15) is 28.2 Å². The molecule has 0 N–H and O–H groups in total. The van der Waals surface area contributed by atoms with Gasteiger partial charge in [-0.15, -0.1) is 5.10 Å². The van der Waals surface area contributed by atoms with Crippen LogP contribution >= 0.6 is 0 Å². The molecule has 0 saturated carbocycles. The molecule has 0 bridgehead atoms. The molecule has 0 radical (unpaired) electrons. The Morgan fingerprint density at radius 3 is 2.61 bits per heavy atom. The third kappa shape index (κ3) is 3.78. The van der Waals surface area contributed by atoms with Gasteiger partial charge in [-0.25, -0.2) is 19.5 Å². The lowest BCUT2D eigenvalue weighted by Gasteiger charge is -2.07. The highest BCUT2D eigenvalue weighted by Gasteiger charge is 2.19. The number of ether oxygens (including phenoxy) is 1. The molecule has 9 nitrogen and oxygen atoms in total. The summed E-state index contributed by atoms with van der Waals surface area (Å²) in [7, 11) is 1.63. The van der Waals surface area contributed by atoms with Crippen LogP contribution in [0.5, 0.6) is 5.75 Å². The minimum atomic E-state index is 0.147. The van der Waals surface area contributed by atoms with Gasteiger partial charge in [0.25, 0.3) is 0 Å². The number of aryl methyl sites for hydroxylation is 2. The number of oxime groups is 1. The van der Waals surface area contributed by atoms with Gasteiger partial charge in [-0.3, -0.25) is 4.57 Å². The fourth-order valence-corrected chi connectivity index (χ4v) is 3.77. The minimum Gasteiger partial charge on any atom is -0.497 e. The fraction of sp³-hybridized carbons (Fsp3) is 0.208. The molecule has 0 aliphatic carbocycles. The van der Waals surface area contributed by atoms with E-state index >= 15 is 0 Å². The van der Waals surface area contributed by atoms with Crippen molar-refractivity contribution in [2.24, 2.45) is 5.16 Å². The van der Waals surface area contributed by atoms with Crippen molar-refractivity contribution in [3.63, 3.8) is 0 Å². The van der Waals surface area contributed by atoms with E-state index in [4.69, 9.17) is 14.6 Å². The number of hydrogen-bond donors (Lipinski definition) is 0. The van der Waals surface area contributed by atoms with Gasteiger partial charge in [0.15, 0.2) is 23.7 Å². The van der Waals surface area contributed by atoms with E-state index in [0.717, 1.165) is 50.6 Å². The smallest absolute Gasteiger partial charge is 0.192 e. The summed E-state index contributed by atoms with van der Waals surface area (Å²) in [5.41, 5.74) is 5.72. The average molecular weight is 441 g/mol. The molecule has 0 aliphatic heterocycles. The Kier molecular flexibility index (Phi) is 5.21. The van der Waals surface area contributed by atoms with E-state index in [1.165, 1.54) is 0 Å². The van der Waals surface area contributed by atoms with Crippen molar-refractivity contribution in [1.82, 2.24) is 29.1 Å². The summed E-state index contributed by atoms with van der Waals surface area (Å²) < 4.78 is 8.89. The predicted molar refractivity (Wildman–Crippen MR) is 125 cm³/mol. The van der Waals surface area contributed by atoms with E-state index in [2.05, 4.69) is 38.6 Å². The molecule has 0 saturated heterocycles. The summed E-state index contributed by atoms with van der Waals surface area (Å²) in [6.45, 7) is 6.32. The quantitative estimate of drug-likeness (QED) is 0.293. The molecule has 1 aromatic carbocycles. The van der Waals surface area contributed by atoms with Gasteiger partial charge in [0.2, 0.25) is 0 Å². The number of fused-ring (bicyclic) bond motifs is 3. The highest BCUT2D eigenvalue weighted by atomic mass is 16.6. The summed E-state index contributed by atoms with van der Waals surface area (Å²) in [5.74, 6) is 2.15. The molecule has 0 unspecified atom stereocenters. The molecule has 33 heavy (non-hydrogen) atoms. The molecular weight excluding hydrogens is 418 g/mol. The third-order valence-corrected chi connectivity index (χ3v) is 5.59. The van der Waals surface area contributed by atoms with Gasteiger partial charge in [0, 0.05) is 11.9 Å². The first-order valence-electron chi connectivity index (χ1n) is 10.5. The van der Waals surface area contributed by atoms with Crippen molar-refractivity contribution >= 4 is 22.9 Å². The van der Waals surface area contributed by atoms with Crippen molar-refractivity contribution in [1.29, 1.82) is 0 Å². The van der Waals surface area contributed by atoms with E-state index in [-0.39, 0.29) is 6.61 Å². The lowest BCUT2D eigenvalue weighted by Crippen LogP contribution is -2.01. The molecule has 0 atom stereocenters. The number of nitrogens with zero attached hydrogens (tertiary/aromatic N) is 7. The Morgan fingerprint density at radius 1 is 1.03 bits per heavy atom. The summed E-state index contributed by atoms with van der Waals surface area (Å²) in [5, 5.41) is 9.47. The molecule has 0 aliphatic rings. The molecule has 0 amide bonds. The van der Waals surface area contributed by atoms with Crippen LogP contribution in [0.3, 0.4) is 0 Å². The van der Waals surface area contributed by atoms with Crippen molar-refractivity contribution < 1.29 is 9.57 Å². The topological polar surface area (TPSA) is 91.7 Å². The van der Waals surface area contributed by atoms with E-state index in [1.807, 2.05) is 49.5 Å². The van der Waals surface area contributed by atoms with E-state index in [1.54, 1.807) is 24.2 Å². The SMILES string of the molecule is COc1ccc(/C=N\OCc2nc3c4c(C)c(C)n(-c5cc(C)ccn5)c4ncn3n2)cc1.